The number of hydrogen-bond acceptors (Lipinski definition) is 2. The molecular formula is C14H28O2. The van der Waals surface area contributed by atoms with E-state index in [1.54, 1.807) is 0 Å². The molecule has 1 saturated heterocycles. The molecule has 16 heavy (non-hydrogen) atoms. The van der Waals surface area contributed by atoms with Gasteiger partial charge in [0.2, 0.25) is 6.29 Å². The Morgan fingerprint density at radius 3 is 1.31 bits per heavy atom. The summed E-state index contributed by atoms with van der Waals surface area (Å²) in [7, 11) is 0. The Bertz CT molecular complexity index is 223. The van der Waals surface area contributed by atoms with Gasteiger partial charge in [-0.25, -0.2) is 0 Å². The molecule has 1 heterocycles. The Hall–Kier alpha value is -0.0800. The predicted molar refractivity (Wildman–Crippen MR) is 66.8 cm³/mol. The Morgan fingerprint density at radius 1 is 0.750 bits per heavy atom. The lowest BCUT2D eigenvalue weighted by Gasteiger charge is -2.53. The monoisotopic (exact) mass is 228 g/mol. The van der Waals surface area contributed by atoms with Gasteiger partial charge in [-0.15, -0.1) is 0 Å². The molecule has 0 spiro atoms. The van der Waals surface area contributed by atoms with E-state index in [0.717, 1.165) is 19.3 Å². The van der Waals surface area contributed by atoms with Crippen LogP contribution in [0.3, 0.4) is 0 Å². The van der Waals surface area contributed by atoms with Crippen molar-refractivity contribution in [3.8, 4) is 0 Å². The van der Waals surface area contributed by atoms with E-state index >= 15 is 0 Å². The second kappa shape index (κ2) is 4.30. The van der Waals surface area contributed by atoms with Crippen molar-refractivity contribution in [3.63, 3.8) is 0 Å². The van der Waals surface area contributed by atoms with Crippen LogP contribution in [0.15, 0.2) is 0 Å². The summed E-state index contributed by atoms with van der Waals surface area (Å²) in [6.45, 7) is 16.2. The zero-order valence-electron chi connectivity index (χ0n) is 12.0. The van der Waals surface area contributed by atoms with Crippen molar-refractivity contribution < 1.29 is 9.78 Å². The summed E-state index contributed by atoms with van der Waals surface area (Å²) in [6, 6.07) is 0. The lowest BCUT2D eigenvalue weighted by atomic mass is 9.50. The van der Waals surface area contributed by atoms with E-state index in [9.17, 15) is 0 Å². The van der Waals surface area contributed by atoms with Crippen LogP contribution in [0.1, 0.15) is 67.7 Å². The molecule has 0 aliphatic carbocycles. The van der Waals surface area contributed by atoms with Crippen molar-refractivity contribution in [1.82, 2.24) is 0 Å². The summed E-state index contributed by atoms with van der Waals surface area (Å²) in [5.74, 6) is 0. The van der Waals surface area contributed by atoms with Gasteiger partial charge < -0.3 is 0 Å². The van der Waals surface area contributed by atoms with Crippen LogP contribution in [-0.4, -0.2) is 6.29 Å². The first-order valence-electron chi connectivity index (χ1n) is 6.61. The zero-order valence-corrected chi connectivity index (χ0v) is 12.0. The van der Waals surface area contributed by atoms with Gasteiger partial charge >= 0.3 is 0 Å². The van der Waals surface area contributed by atoms with E-state index in [1.807, 2.05) is 0 Å². The summed E-state index contributed by atoms with van der Waals surface area (Å²) >= 11 is 0. The molecule has 1 aliphatic heterocycles. The molecule has 0 aromatic heterocycles. The summed E-state index contributed by atoms with van der Waals surface area (Å²) in [4.78, 5) is 10.5. The van der Waals surface area contributed by atoms with Gasteiger partial charge in [0.25, 0.3) is 0 Å². The highest BCUT2D eigenvalue weighted by molar-refractivity contribution is 5.03. The fraction of sp³-hybridized carbons (Fsp3) is 1.00. The van der Waals surface area contributed by atoms with E-state index in [-0.39, 0.29) is 22.5 Å². The van der Waals surface area contributed by atoms with Crippen LogP contribution < -0.4 is 0 Å². The number of rotatable bonds is 6. The molecule has 0 unspecified atom stereocenters. The van der Waals surface area contributed by atoms with Gasteiger partial charge in [-0.3, -0.25) is 0 Å². The van der Waals surface area contributed by atoms with Gasteiger partial charge in [0.05, 0.1) is 0 Å². The van der Waals surface area contributed by atoms with Gasteiger partial charge in [0.15, 0.2) is 0 Å². The SMILES string of the molecule is CCC(C)(C)C(CC)(C1OO1)C(C)(C)CC. The van der Waals surface area contributed by atoms with Crippen LogP contribution in [-0.2, 0) is 9.78 Å². The van der Waals surface area contributed by atoms with Crippen LogP contribution in [0.4, 0.5) is 0 Å². The lowest BCUT2D eigenvalue weighted by molar-refractivity contribution is -0.0872. The van der Waals surface area contributed by atoms with E-state index in [0.29, 0.717) is 0 Å². The first-order valence-corrected chi connectivity index (χ1v) is 6.61. The fourth-order valence-corrected chi connectivity index (χ4v) is 3.50. The maximum atomic E-state index is 5.24. The molecule has 0 amide bonds. The molecule has 0 aromatic carbocycles. The molecule has 0 atom stereocenters. The molecule has 0 aromatic rings. The van der Waals surface area contributed by atoms with Crippen LogP contribution in [0.25, 0.3) is 0 Å². The molecule has 1 rings (SSSR count). The molecule has 0 bridgehead atoms. The fourth-order valence-electron chi connectivity index (χ4n) is 3.50. The molecular weight excluding hydrogens is 200 g/mol. The third-order valence-corrected chi connectivity index (χ3v) is 5.34. The summed E-state index contributed by atoms with van der Waals surface area (Å²) in [5, 5.41) is 0. The van der Waals surface area contributed by atoms with E-state index in [1.165, 1.54) is 0 Å². The molecule has 96 valence electrons. The van der Waals surface area contributed by atoms with Crippen LogP contribution in [0.2, 0.25) is 0 Å². The molecule has 2 nitrogen and oxygen atoms in total. The predicted octanol–water partition coefficient (Wildman–Crippen LogP) is 4.54. The zero-order chi connectivity index (χ0) is 12.6. The quantitative estimate of drug-likeness (QED) is 0.492. The van der Waals surface area contributed by atoms with E-state index < -0.39 is 0 Å². The highest BCUT2D eigenvalue weighted by Gasteiger charge is 2.63. The molecule has 1 aliphatic rings. The maximum absolute atomic E-state index is 5.24. The highest BCUT2D eigenvalue weighted by Crippen LogP contribution is 2.62. The van der Waals surface area contributed by atoms with Crippen molar-refractivity contribution in [3.05, 3.63) is 0 Å². The average Bonchev–Trinajstić information content (AvgIpc) is 3.03. The highest BCUT2D eigenvalue weighted by atomic mass is 17.4. The summed E-state index contributed by atoms with van der Waals surface area (Å²) in [5.41, 5.74) is 0.550. The van der Waals surface area contributed by atoms with Gasteiger partial charge in [-0.2, -0.15) is 9.78 Å². The van der Waals surface area contributed by atoms with Gasteiger partial charge in [-0.05, 0) is 17.3 Å². The molecule has 0 radical (unpaired) electrons. The van der Waals surface area contributed by atoms with Crippen molar-refractivity contribution in [2.24, 2.45) is 16.2 Å². The normalized spacial score (nSPS) is 18.9. The molecule has 0 saturated carbocycles. The third-order valence-electron chi connectivity index (χ3n) is 5.34. The molecule has 1 fully saturated rings. The maximum Gasteiger partial charge on any atom is 0.231 e. The second-order valence-corrected chi connectivity index (χ2v) is 6.32. The minimum absolute atomic E-state index is 0.0117. The van der Waals surface area contributed by atoms with E-state index in [2.05, 4.69) is 48.5 Å². The van der Waals surface area contributed by atoms with Crippen molar-refractivity contribution in [2.75, 3.05) is 0 Å². The Kier molecular flexibility index (Phi) is 3.76. The van der Waals surface area contributed by atoms with Crippen LogP contribution in [0.5, 0.6) is 0 Å². The van der Waals surface area contributed by atoms with Crippen LogP contribution >= 0.6 is 0 Å². The van der Waals surface area contributed by atoms with Gasteiger partial charge in [0, 0.05) is 5.41 Å². The smallest absolute Gasteiger partial charge is 0.198 e. The first kappa shape index (κ1) is 14.0. The topological polar surface area (TPSA) is 25.1 Å². The lowest BCUT2D eigenvalue weighted by Crippen LogP contribution is -2.52. The van der Waals surface area contributed by atoms with Crippen molar-refractivity contribution in [2.45, 2.75) is 74.0 Å². The number of hydrogen-bond donors (Lipinski definition) is 0. The Balaban J connectivity index is 3.20. The average molecular weight is 228 g/mol. The Morgan fingerprint density at radius 2 is 1.12 bits per heavy atom. The minimum Gasteiger partial charge on any atom is -0.198 e. The van der Waals surface area contributed by atoms with E-state index in [4.69, 9.17) is 9.78 Å². The van der Waals surface area contributed by atoms with Gasteiger partial charge in [0.1, 0.15) is 0 Å². The molecule has 2 heteroatoms. The molecule has 0 N–H and O–H groups in total. The summed E-state index contributed by atoms with van der Waals surface area (Å²) in [6.07, 6.45) is 3.38. The standard InChI is InChI=1S/C14H28O2/c1-8-12(4,5)14(10-3,11-15-16-11)13(6,7)9-2/h11H,8-10H2,1-7H3. The second-order valence-electron chi connectivity index (χ2n) is 6.32. The van der Waals surface area contributed by atoms with Crippen molar-refractivity contribution >= 4 is 0 Å². The van der Waals surface area contributed by atoms with Crippen LogP contribution in [0, 0.1) is 16.2 Å². The minimum atomic E-state index is -0.0117. The Labute approximate surface area is 101 Å². The van der Waals surface area contributed by atoms with Gasteiger partial charge in [-0.1, -0.05) is 61.3 Å². The first-order chi connectivity index (χ1) is 7.29. The van der Waals surface area contributed by atoms with Crippen molar-refractivity contribution in [1.29, 1.82) is 0 Å². The largest absolute Gasteiger partial charge is 0.231 e. The summed E-state index contributed by atoms with van der Waals surface area (Å²) < 4.78 is 0. The third kappa shape index (κ3) is 1.80.